The summed E-state index contributed by atoms with van der Waals surface area (Å²) in [6.07, 6.45) is 0.0498. The maximum atomic E-state index is 12.2. The van der Waals surface area contributed by atoms with E-state index in [0.717, 1.165) is 5.56 Å². The predicted octanol–water partition coefficient (Wildman–Crippen LogP) is 4.01. The van der Waals surface area contributed by atoms with E-state index in [-0.39, 0.29) is 29.8 Å². The molecule has 0 unspecified atom stereocenters. The first-order valence-corrected chi connectivity index (χ1v) is 10.7. The van der Waals surface area contributed by atoms with Gasteiger partial charge in [-0.2, -0.15) is 0 Å². The molecule has 2 aromatic carbocycles. The first kappa shape index (κ1) is 21.4. The van der Waals surface area contributed by atoms with E-state index in [9.17, 15) is 13.2 Å². The van der Waals surface area contributed by atoms with Crippen molar-refractivity contribution in [2.75, 3.05) is 6.54 Å². The Morgan fingerprint density at radius 3 is 2.26 bits per heavy atom. The van der Waals surface area contributed by atoms with Crippen LogP contribution < -0.4 is 10.0 Å². The van der Waals surface area contributed by atoms with E-state index in [0.29, 0.717) is 10.9 Å². The Labute approximate surface area is 166 Å². The zero-order chi connectivity index (χ0) is 20.0. The van der Waals surface area contributed by atoms with Gasteiger partial charge in [0.05, 0.1) is 10.9 Å². The molecule has 0 spiro atoms. The van der Waals surface area contributed by atoms with Crippen LogP contribution in [0.4, 0.5) is 0 Å². The van der Waals surface area contributed by atoms with Gasteiger partial charge in [0, 0.05) is 18.0 Å². The van der Waals surface area contributed by atoms with Crippen molar-refractivity contribution in [1.82, 2.24) is 10.0 Å². The molecule has 0 radical (unpaired) electrons. The van der Waals surface area contributed by atoms with Crippen LogP contribution in [0.5, 0.6) is 0 Å². The molecule has 0 aliphatic rings. The maximum Gasteiger partial charge on any atom is 0.240 e. The first-order valence-electron chi connectivity index (χ1n) is 8.83. The van der Waals surface area contributed by atoms with E-state index in [1.54, 1.807) is 12.1 Å². The molecule has 1 atom stereocenters. The van der Waals surface area contributed by atoms with Crippen molar-refractivity contribution in [2.45, 2.75) is 44.0 Å². The van der Waals surface area contributed by atoms with Crippen LogP contribution in [0.3, 0.4) is 0 Å². The fourth-order valence-electron chi connectivity index (χ4n) is 2.58. The van der Waals surface area contributed by atoms with Gasteiger partial charge in [-0.1, -0.05) is 55.8 Å². The Bertz CT molecular complexity index is 880. The molecular weight excluding hydrogens is 384 g/mol. The fourth-order valence-corrected chi connectivity index (χ4v) is 3.92. The number of carbonyl (C=O) groups excluding carboxylic acids is 1. The van der Waals surface area contributed by atoms with E-state index in [4.69, 9.17) is 11.6 Å². The number of hydrogen-bond donors (Lipinski definition) is 2. The molecule has 0 fully saturated rings. The largest absolute Gasteiger partial charge is 0.350 e. The molecule has 2 N–H and O–H groups in total. The van der Waals surface area contributed by atoms with Gasteiger partial charge in [-0.25, -0.2) is 13.1 Å². The lowest BCUT2D eigenvalue weighted by Crippen LogP contribution is -2.32. The smallest absolute Gasteiger partial charge is 0.240 e. The van der Waals surface area contributed by atoms with Gasteiger partial charge in [0.2, 0.25) is 15.9 Å². The lowest BCUT2D eigenvalue weighted by Gasteiger charge is -2.16. The molecule has 146 valence electrons. The summed E-state index contributed by atoms with van der Waals surface area (Å²) >= 11 is 5.82. The fraction of sp³-hybridized carbons (Fsp3) is 0.350. The van der Waals surface area contributed by atoms with E-state index >= 15 is 0 Å². The van der Waals surface area contributed by atoms with Gasteiger partial charge in [-0.05, 0) is 42.2 Å². The van der Waals surface area contributed by atoms with Gasteiger partial charge in [-0.15, -0.1) is 0 Å². The molecule has 0 saturated carbocycles. The SMILES string of the molecule is CC(C)c1ccc([C@H](C)NC(=O)CCNS(=O)(=O)c2cccc(Cl)c2)cc1. The van der Waals surface area contributed by atoms with Gasteiger partial charge in [0.15, 0.2) is 0 Å². The van der Waals surface area contributed by atoms with Gasteiger partial charge in [0.25, 0.3) is 0 Å². The van der Waals surface area contributed by atoms with Gasteiger partial charge in [-0.3, -0.25) is 4.79 Å². The summed E-state index contributed by atoms with van der Waals surface area (Å²) in [5.41, 5.74) is 2.25. The van der Waals surface area contributed by atoms with E-state index in [1.165, 1.54) is 17.7 Å². The molecule has 27 heavy (non-hydrogen) atoms. The van der Waals surface area contributed by atoms with Crippen molar-refractivity contribution in [3.63, 3.8) is 0 Å². The lowest BCUT2D eigenvalue weighted by molar-refractivity contribution is -0.121. The Kier molecular flexibility index (Phi) is 7.41. The molecule has 1 amide bonds. The highest BCUT2D eigenvalue weighted by Crippen LogP contribution is 2.19. The van der Waals surface area contributed by atoms with Crippen molar-refractivity contribution in [2.24, 2.45) is 0 Å². The minimum absolute atomic E-state index is 0.0136. The van der Waals surface area contributed by atoms with Gasteiger partial charge < -0.3 is 5.32 Å². The zero-order valence-electron chi connectivity index (χ0n) is 15.7. The average Bonchev–Trinajstić information content (AvgIpc) is 2.61. The highest BCUT2D eigenvalue weighted by molar-refractivity contribution is 7.89. The number of halogens is 1. The van der Waals surface area contributed by atoms with Crippen LogP contribution in [0.2, 0.25) is 5.02 Å². The number of hydrogen-bond acceptors (Lipinski definition) is 3. The van der Waals surface area contributed by atoms with E-state index < -0.39 is 10.0 Å². The molecule has 0 aliphatic heterocycles. The van der Waals surface area contributed by atoms with Crippen LogP contribution in [0, 0.1) is 0 Å². The number of sulfonamides is 1. The van der Waals surface area contributed by atoms with Crippen molar-refractivity contribution in [1.29, 1.82) is 0 Å². The third kappa shape index (κ3) is 6.34. The predicted molar refractivity (Wildman–Crippen MR) is 108 cm³/mol. The molecular formula is C20H25ClN2O3S. The van der Waals surface area contributed by atoms with Crippen LogP contribution in [-0.4, -0.2) is 20.9 Å². The molecule has 0 bridgehead atoms. The van der Waals surface area contributed by atoms with Crippen molar-refractivity contribution in [3.05, 3.63) is 64.7 Å². The van der Waals surface area contributed by atoms with Crippen molar-refractivity contribution < 1.29 is 13.2 Å². The number of rotatable bonds is 8. The summed E-state index contributed by atoms with van der Waals surface area (Å²) in [6.45, 7) is 6.17. The Hall–Kier alpha value is -1.89. The average molecular weight is 409 g/mol. The minimum atomic E-state index is -3.69. The lowest BCUT2D eigenvalue weighted by atomic mass is 9.99. The Morgan fingerprint density at radius 2 is 1.67 bits per heavy atom. The van der Waals surface area contributed by atoms with Crippen LogP contribution in [-0.2, 0) is 14.8 Å². The Morgan fingerprint density at radius 1 is 1.04 bits per heavy atom. The maximum absolute atomic E-state index is 12.2. The number of nitrogens with one attached hydrogen (secondary N) is 2. The molecule has 7 heteroatoms. The normalized spacial score (nSPS) is 12.8. The van der Waals surface area contributed by atoms with Crippen LogP contribution >= 0.6 is 11.6 Å². The highest BCUT2D eigenvalue weighted by Gasteiger charge is 2.15. The molecule has 2 rings (SSSR count). The Balaban J connectivity index is 1.85. The zero-order valence-corrected chi connectivity index (χ0v) is 17.3. The van der Waals surface area contributed by atoms with E-state index in [1.807, 2.05) is 19.1 Å². The molecule has 0 heterocycles. The van der Waals surface area contributed by atoms with Crippen molar-refractivity contribution in [3.8, 4) is 0 Å². The van der Waals surface area contributed by atoms with Crippen molar-refractivity contribution >= 4 is 27.5 Å². The van der Waals surface area contributed by atoms with Gasteiger partial charge in [0.1, 0.15) is 0 Å². The molecule has 5 nitrogen and oxygen atoms in total. The summed E-state index contributed by atoms with van der Waals surface area (Å²) in [6, 6.07) is 14.0. The van der Waals surface area contributed by atoms with Crippen LogP contribution in [0.1, 0.15) is 50.3 Å². The summed E-state index contributed by atoms with van der Waals surface area (Å²) in [7, 11) is -3.69. The van der Waals surface area contributed by atoms with Crippen LogP contribution in [0.25, 0.3) is 0 Å². The number of carbonyl (C=O) groups is 1. The van der Waals surface area contributed by atoms with Crippen LogP contribution in [0.15, 0.2) is 53.4 Å². The quantitative estimate of drug-likeness (QED) is 0.692. The monoisotopic (exact) mass is 408 g/mol. The molecule has 0 aliphatic carbocycles. The number of amides is 1. The molecule has 0 aromatic heterocycles. The summed E-state index contributed by atoms with van der Waals surface area (Å²) in [4.78, 5) is 12.2. The number of benzene rings is 2. The first-order chi connectivity index (χ1) is 12.7. The highest BCUT2D eigenvalue weighted by atomic mass is 35.5. The second-order valence-corrected chi connectivity index (χ2v) is 8.92. The summed E-state index contributed by atoms with van der Waals surface area (Å²) in [5.74, 6) is 0.237. The molecule has 0 saturated heterocycles. The minimum Gasteiger partial charge on any atom is -0.350 e. The summed E-state index contributed by atoms with van der Waals surface area (Å²) < 4.78 is 26.8. The molecule has 2 aromatic rings. The third-order valence-electron chi connectivity index (χ3n) is 4.23. The standard InChI is InChI=1S/C20H25ClN2O3S/c1-14(2)16-7-9-17(10-8-16)15(3)23-20(24)11-12-22-27(25,26)19-6-4-5-18(21)13-19/h4-10,13-15,22H,11-12H2,1-3H3,(H,23,24)/t15-/m0/s1. The second-order valence-electron chi connectivity index (χ2n) is 6.72. The third-order valence-corrected chi connectivity index (χ3v) is 5.92. The summed E-state index contributed by atoms with van der Waals surface area (Å²) in [5, 5.41) is 3.23. The topological polar surface area (TPSA) is 75.3 Å². The van der Waals surface area contributed by atoms with Gasteiger partial charge >= 0.3 is 0 Å². The van der Waals surface area contributed by atoms with E-state index in [2.05, 4.69) is 36.0 Å². The second kappa shape index (κ2) is 9.35.